The molecule has 0 aliphatic carbocycles. The van der Waals surface area contributed by atoms with E-state index in [1.54, 1.807) is 30.3 Å². The minimum Gasteiger partial charge on any atom is -0.451 e. The van der Waals surface area contributed by atoms with Gasteiger partial charge in [0.2, 0.25) is 0 Å². The van der Waals surface area contributed by atoms with Crippen LogP contribution in [0.1, 0.15) is 42.3 Å². The monoisotopic (exact) mass is 541 g/mol. The van der Waals surface area contributed by atoms with E-state index in [1.807, 2.05) is 17.0 Å². The van der Waals surface area contributed by atoms with Crippen LogP contribution in [0.15, 0.2) is 93.1 Å². The molecule has 0 bridgehead atoms. The minimum absolute atomic E-state index is 0.0111. The van der Waals surface area contributed by atoms with Gasteiger partial charge in [0.05, 0.1) is 9.79 Å². The molecule has 1 aromatic heterocycles. The highest BCUT2D eigenvalue weighted by Gasteiger charge is 2.19. The van der Waals surface area contributed by atoms with E-state index in [2.05, 4.69) is 17.1 Å². The number of aryl methyl sites for hydroxylation is 1. The lowest BCUT2D eigenvalue weighted by atomic mass is 10.1. The summed E-state index contributed by atoms with van der Waals surface area (Å²) in [5.74, 6) is -0.957. The van der Waals surface area contributed by atoms with Crippen LogP contribution < -0.4 is 15.0 Å². The average molecular weight is 542 g/mol. The molecule has 1 heterocycles. The van der Waals surface area contributed by atoms with Crippen molar-refractivity contribution in [1.82, 2.24) is 10.3 Å². The van der Waals surface area contributed by atoms with Crippen LogP contribution in [-0.4, -0.2) is 22.7 Å². The zero-order valence-electron chi connectivity index (χ0n) is 20.1. The van der Waals surface area contributed by atoms with Gasteiger partial charge in [0.15, 0.2) is 5.76 Å². The number of furan rings is 1. The molecule has 194 valence electrons. The van der Waals surface area contributed by atoms with Gasteiger partial charge in [-0.15, -0.1) is 4.83 Å². The first-order chi connectivity index (χ1) is 17.7. The largest absolute Gasteiger partial charge is 0.451 e. The highest BCUT2D eigenvalue weighted by Crippen LogP contribution is 2.25. The Balaban J connectivity index is 1.43. The van der Waals surface area contributed by atoms with E-state index in [9.17, 15) is 21.6 Å². The van der Waals surface area contributed by atoms with Crippen molar-refractivity contribution < 1.29 is 26.0 Å². The molecule has 0 spiro atoms. The van der Waals surface area contributed by atoms with E-state index >= 15 is 0 Å². The number of rotatable bonds is 11. The summed E-state index contributed by atoms with van der Waals surface area (Å²) in [7, 11) is -7.78. The minimum atomic E-state index is -3.96. The number of anilines is 1. The van der Waals surface area contributed by atoms with Gasteiger partial charge in [-0.1, -0.05) is 50.1 Å². The van der Waals surface area contributed by atoms with Crippen LogP contribution in [0.4, 0.5) is 5.69 Å². The summed E-state index contributed by atoms with van der Waals surface area (Å²) in [6.45, 7) is 2.13. The fraction of sp³-hybridized carbons (Fsp3) is 0.192. The topological polar surface area (TPSA) is 135 Å². The van der Waals surface area contributed by atoms with E-state index < -0.39 is 26.0 Å². The molecular weight excluding hydrogens is 514 g/mol. The summed E-state index contributed by atoms with van der Waals surface area (Å²) >= 11 is 0. The van der Waals surface area contributed by atoms with Gasteiger partial charge in [0.25, 0.3) is 20.0 Å². The number of benzene rings is 3. The number of hydrazine groups is 1. The van der Waals surface area contributed by atoms with Gasteiger partial charge in [-0.25, -0.2) is 16.8 Å². The second-order valence-corrected chi connectivity index (χ2v) is 11.8. The van der Waals surface area contributed by atoms with Crippen molar-refractivity contribution in [2.75, 3.05) is 4.72 Å². The van der Waals surface area contributed by atoms with Crippen molar-refractivity contribution in [1.29, 1.82) is 0 Å². The molecule has 0 saturated carbocycles. The standard InChI is InChI=1S/C26H27N3O6S2/c1-2-3-5-8-19-11-14-23(15-12-19)36(31,32)28-21-13-16-24-20(17-21)18-25(35-24)26(30)27-29-37(33,34)22-9-6-4-7-10-22/h4,6-7,9-18,28-29H,2-3,5,8H2,1H3,(H,27,30). The molecule has 3 N–H and O–H groups in total. The molecule has 0 aliphatic rings. The van der Waals surface area contributed by atoms with Gasteiger partial charge >= 0.3 is 5.91 Å². The van der Waals surface area contributed by atoms with Crippen LogP contribution in [0, 0.1) is 0 Å². The molecule has 4 aromatic rings. The molecule has 0 saturated heterocycles. The number of hydrogen-bond acceptors (Lipinski definition) is 6. The summed E-state index contributed by atoms with van der Waals surface area (Å²) in [5.41, 5.74) is 3.82. The molecule has 37 heavy (non-hydrogen) atoms. The number of unbranched alkanes of at least 4 members (excludes halogenated alkanes) is 2. The third-order valence-corrected chi connectivity index (χ3v) is 8.31. The van der Waals surface area contributed by atoms with E-state index in [4.69, 9.17) is 4.42 Å². The van der Waals surface area contributed by atoms with Gasteiger partial charge in [0.1, 0.15) is 5.58 Å². The lowest BCUT2D eigenvalue weighted by Gasteiger charge is -2.09. The van der Waals surface area contributed by atoms with E-state index in [0.29, 0.717) is 11.0 Å². The maximum atomic E-state index is 12.9. The Morgan fingerprint density at radius 3 is 2.22 bits per heavy atom. The number of fused-ring (bicyclic) bond motifs is 1. The molecule has 1 amide bonds. The Morgan fingerprint density at radius 1 is 0.811 bits per heavy atom. The molecule has 3 aromatic carbocycles. The van der Waals surface area contributed by atoms with Crippen LogP contribution in [0.2, 0.25) is 0 Å². The van der Waals surface area contributed by atoms with Gasteiger partial charge in [-0.3, -0.25) is 14.9 Å². The molecule has 11 heteroatoms. The zero-order valence-corrected chi connectivity index (χ0v) is 21.7. The summed E-state index contributed by atoms with van der Waals surface area (Å²) in [6.07, 6.45) is 4.22. The number of carbonyl (C=O) groups excluding carboxylic acids is 1. The summed E-state index contributed by atoms with van der Waals surface area (Å²) in [6, 6.07) is 20.3. The van der Waals surface area contributed by atoms with Crippen LogP contribution in [0.5, 0.6) is 0 Å². The Labute approximate surface area is 216 Å². The third kappa shape index (κ3) is 6.56. The number of hydrogen-bond donors (Lipinski definition) is 3. The zero-order chi connectivity index (χ0) is 26.5. The highest BCUT2D eigenvalue weighted by atomic mass is 32.2. The quantitative estimate of drug-likeness (QED) is 0.188. The second kappa shape index (κ2) is 11.2. The molecule has 0 radical (unpaired) electrons. The second-order valence-electron chi connectivity index (χ2n) is 8.44. The molecule has 4 rings (SSSR count). The predicted molar refractivity (Wildman–Crippen MR) is 141 cm³/mol. The molecule has 0 unspecified atom stereocenters. The summed E-state index contributed by atoms with van der Waals surface area (Å²) in [4.78, 5) is 14.6. The lowest BCUT2D eigenvalue weighted by molar-refractivity contribution is 0.0919. The Hall–Kier alpha value is -3.67. The van der Waals surface area contributed by atoms with Gasteiger partial charge < -0.3 is 4.42 Å². The van der Waals surface area contributed by atoms with E-state index in [0.717, 1.165) is 31.2 Å². The first-order valence-corrected chi connectivity index (χ1v) is 14.7. The molecule has 9 nitrogen and oxygen atoms in total. The SMILES string of the molecule is CCCCCc1ccc(S(=O)(=O)Nc2ccc3oc(C(=O)NNS(=O)(=O)c4ccccc4)cc3c2)cc1. The highest BCUT2D eigenvalue weighted by molar-refractivity contribution is 7.92. The predicted octanol–water partition coefficient (Wildman–Crippen LogP) is 4.59. The lowest BCUT2D eigenvalue weighted by Crippen LogP contribution is -2.41. The van der Waals surface area contributed by atoms with Gasteiger partial charge in [0, 0.05) is 11.1 Å². The Morgan fingerprint density at radius 2 is 1.51 bits per heavy atom. The van der Waals surface area contributed by atoms with Crippen molar-refractivity contribution in [3.63, 3.8) is 0 Å². The number of amides is 1. The van der Waals surface area contributed by atoms with E-state index in [-0.39, 0.29) is 21.2 Å². The first-order valence-electron chi connectivity index (χ1n) is 11.7. The third-order valence-electron chi connectivity index (χ3n) is 5.65. The van der Waals surface area contributed by atoms with E-state index in [1.165, 1.54) is 36.4 Å². The first kappa shape index (κ1) is 26.4. The summed E-state index contributed by atoms with van der Waals surface area (Å²) < 4.78 is 58.3. The normalized spacial score (nSPS) is 11.9. The summed E-state index contributed by atoms with van der Waals surface area (Å²) in [5, 5.41) is 0.461. The maximum absolute atomic E-state index is 12.9. The average Bonchev–Trinajstić information content (AvgIpc) is 3.32. The van der Waals surface area contributed by atoms with Crippen molar-refractivity contribution in [2.24, 2.45) is 0 Å². The van der Waals surface area contributed by atoms with Crippen LogP contribution >= 0.6 is 0 Å². The van der Waals surface area contributed by atoms with Gasteiger partial charge in [-0.05, 0) is 66.9 Å². The van der Waals surface area contributed by atoms with Crippen molar-refractivity contribution in [3.8, 4) is 0 Å². The fourth-order valence-electron chi connectivity index (χ4n) is 3.68. The number of nitrogens with one attached hydrogen (secondary N) is 3. The van der Waals surface area contributed by atoms with Crippen LogP contribution in [0.3, 0.4) is 0 Å². The Kier molecular flexibility index (Phi) is 7.96. The van der Waals surface area contributed by atoms with Crippen molar-refractivity contribution in [2.45, 2.75) is 42.4 Å². The smallest absolute Gasteiger partial charge is 0.301 e. The molecule has 0 aliphatic heterocycles. The maximum Gasteiger partial charge on any atom is 0.301 e. The van der Waals surface area contributed by atoms with Gasteiger partial charge in [-0.2, -0.15) is 0 Å². The Bertz CT molecular complexity index is 1600. The number of sulfonamides is 2. The number of carbonyl (C=O) groups is 1. The van der Waals surface area contributed by atoms with Crippen LogP contribution in [-0.2, 0) is 26.5 Å². The molecular formula is C26H27N3O6S2. The van der Waals surface area contributed by atoms with Crippen molar-refractivity contribution >= 4 is 42.6 Å². The molecule has 0 atom stereocenters. The van der Waals surface area contributed by atoms with Crippen molar-refractivity contribution in [3.05, 3.63) is 90.2 Å². The molecule has 0 fully saturated rings. The van der Waals surface area contributed by atoms with Crippen LogP contribution in [0.25, 0.3) is 11.0 Å². The fourth-order valence-corrected chi connectivity index (χ4v) is 5.59.